The third kappa shape index (κ3) is 5.22. The van der Waals surface area contributed by atoms with Crippen LogP contribution in [0.4, 0.5) is 5.82 Å². The zero-order valence-electron chi connectivity index (χ0n) is 18.9. The standard InChI is InChI=1S/C24H31N5O3/c1-4-7-20(30)28-14-5-8-18(9-6-15-28)29-23(25)21(24(26)31)22(27-29)17-10-12-19(13-11-17)32-16(2)3/h10-13,16,18H,5-6,8-9,14-15,25H2,1-3H3,(H2,26,31). The van der Waals surface area contributed by atoms with Crippen molar-refractivity contribution >= 4 is 17.6 Å². The van der Waals surface area contributed by atoms with Gasteiger partial charge in [-0.3, -0.25) is 9.59 Å². The second kappa shape index (κ2) is 10.2. The van der Waals surface area contributed by atoms with Crippen LogP contribution in [0.25, 0.3) is 11.3 Å². The van der Waals surface area contributed by atoms with Gasteiger partial charge in [0.2, 0.25) is 0 Å². The maximum Gasteiger partial charge on any atom is 0.298 e. The van der Waals surface area contributed by atoms with Gasteiger partial charge in [0.15, 0.2) is 0 Å². The average molecular weight is 438 g/mol. The number of nitrogens with zero attached hydrogens (tertiary/aromatic N) is 3. The van der Waals surface area contributed by atoms with E-state index in [1.165, 1.54) is 0 Å². The van der Waals surface area contributed by atoms with E-state index in [0.717, 1.165) is 37.0 Å². The molecule has 0 aliphatic carbocycles. The van der Waals surface area contributed by atoms with Crippen LogP contribution in [0, 0.1) is 11.8 Å². The summed E-state index contributed by atoms with van der Waals surface area (Å²) < 4.78 is 7.43. The van der Waals surface area contributed by atoms with Crippen molar-refractivity contribution in [3.05, 3.63) is 29.8 Å². The topological polar surface area (TPSA) is 116 Å². The smallest absolute Gasteiger partial charge is 0.298 e. The molecule has 4 N–H and O–H groups in total. The van der Waals surface area contributed by atoms with Gasteiger partial charge < -0.3 is 21.1 Å². The van der Waals surface area contributed by atoms with E-state index in [1.807, 2.05) is 38.1 Å². The minimum Gasteiger partial charge on any atom is -0.491 e. The molecule has 1 saturated heterocycles. The summed E-state index contributed by atoms with van der Waals surface area (Å²) in [5.74, 6) is 5.56. The molecule has 1 aliphatic heterocycles. The summed E-state index contributed by atoms with van der Waals surface area (Å²) >= 11 is 0. The van der Waals surface area contributed by atoms with Gasteiger partial charge in [-0.2, -0.15) is 5.10 Å². The first kappa shape index (κ1) is 23.2. The maximum atomic E-state index is 12.2. The van der Waals surface area contributed by atoms with Crippen LogP contribution in [0.3, 0.4) is 0 Å². The highest BCUT2D eigenvalue weighted by molar-refractivity contribution is 6.03. The van der Waals surface area contributed by atoms with Crippen LogP contribution in [0.1, 0.15) is 62.9 Å². The van der Waals surface area contributed by atoms with E-state index in [1.54, 1.807) is 16.5 Å². The molecule has 2 aromatic rings. The van der Waals surface area contributed by atoms with Crippen molar-refractivity contribution in [2.45, 2.75) is 58.6 Å². The highest BCUT2D eigenvalue weighted by Crippen LogP contribution is 2.33. The average Bonchev–Trinajstić information content (AvgIpc) is 3.05. The lowest BCUT2D eigenvalue weighted by Crippen LogP contribution is -2.34. The number of ether oxygens (including phenoxy) is 1. The summed E-state index contributed by atoms with van der Waals surface area (Å²) in [6.45, 7) is 6.86. The van der Waals surface area contributed by atoms with E-state index in [4.69, 9.17) is 21.3 Å². The van der Waals surface area contributed by atoms with Crippen molar-refractivity contribution in [3.8, 4) is 28.8 Å². The van der Waals surface area contributed by atoms with Crippen LogP contribution in [-0.4, -0.2) is 45.7 Å². The quantitative estimate of drug-likeness (QED) is 0.698. The molecule has 1 aromatic heterocycles. The molecule has 2 heterocycles. The van der Waals surface area contributed by atoms with E-state index in [2.05, 4.69) is 11.8 Å². The third-order valence-electron chi connectivity index (χ3n) is 5.49. The molecule has 0 unspecified atom stereocenters. The van der Waals surface area contributed by atoms with Crippen molar-refractivity contribution in [3.63, 3.8) is 0 Å². The Balaban J connectivity index is 1.84. The van der Waals surface area contributed by atoms with Gasteiger partial charge in [0.05, 0.1) is 12.1 Å². The van der Waals surface area contributed by atoms with Crippen LogP contribution in [0.2, 0.25) is 0 Å². The fourth-order valence-electron chi connectivity index (χ4n) is 4.06. The minimum atomic E-state index is -0.605. The number of hydrogen-bond acceptors (Lipinski definition) is 5. The van der Waals surface area contributed by atoms with Gasteiger partial charge in [0.25, 0.3) is 11.8 Å². The van der Waals surface area contributed by atoms with Crippen LogP contribution in [0.5, 0.6) is 5.75 Å². The van der Waals surface area contributed by atoms with Crippen molar-refractivity contribution in [1.82, 2.24) is 14.7 Å². The molecule has 1 aromatic carbocycles. The van der Waals surface area contributed by atoms with E-state index in [9.17, 15) is 9.59 Å². The molecule has 2 amide bonds. The Morgan fingerprint density at radius 2 is 1.78 bits per heavy atom. The number of amides is 2. The molecule has 1 fully saturated rings. The first-order valence-corrected chi connectivity index (χ1v) is 11.0. The van der Waals surface area contributed by atoms with Gasteiger partial charge in [-0.1, -0.05) is 5.92 Å². The Labute approximate surface area is 188 Å². The van der Waals surface area contributed by atoms with E-state index < -0.39 is 5.91 Å². The second-order valence-corrected chi connectivity index (χ2v) is 8.21. The van der Waals surface area contributed by atoms with Crippen LogP contribution >= 0.6 is 0 Å². The van der Waals surface area contributed by atoms with Gasteiger partial charge in [-0.25, -0.2) is 4.68 Å². The number of rotatable bonds is 5. The monoisotopic (exact) mass is 437 g/mol. The number of carbonyl (C=O) groups is 2. The highest BCUT2D eigenvalue weighted by atomic mass is 16.5. The van der Waals surface area contributed by atoms with E-state index in [0.29, 0.717) is 18.8 Å². The molecule has 170 valence electrons. The Bertz CT molecular complexity index is 1020. The lowest BCUT2D eigenvalue weighted by molar-refractivity contribution is -0.125. The van der Waals surface area contributed by atoms with Crippen LogP contribution in [-0.2, 0) is 4.79 Å². The minimum absolute atomic E-state index is 0.0277. The number of hydrogen-bond donors (Lipinski definition) is 2. The number of anilines is 1. The molecule has 8 heteroatoms. The molecule has 0 saturated carbocycles. The van der Waals surface area contributed by atoms with E-state index in [-0.39, 0.29) is 29.4 Å². The predicted molar refractivity (Wildman–Crippen MR) is 124 cm³/mol. The normalized spacial score (nSPS) is 14.9. The number of nitrogens with two attached hydrogens (primary N) is 2. The summed E-state index contributed by atoms with van der Waals surface area (Å²) in [4.78, 5) is 26.1. The van der Waals surface area contributed by atoms with Gasteiger partial charge in [0, 0.05) is 18.7 Å². The molecule has 0 atom stereocenters. The number of aromatic nitrogens is 2. The molecule has 1 aliphatic rings. The number of nitrogen functional groups attached to an aromatic ring is 1. The third-order valence-corrected chi connectivity index (χ3v) is 5.49. The molecule has 8 nitrogen and oxygen atoms in total. The lowest BCUT2D eigenvalue weighted by Gasteiger charge is -2.27. The van der Waals surface area contributed by atoms with Crippen molar-refractivity contribution in [2.24, 2.45) is 5.73 Å². The molecule has 32 heavy (non-hydrogen) atoms. The SMILES string of the molecule is CC#CC(=O)N1CCCC(n2nc(-c3ccc(OC(C)C)cc3)c(C(N)=O)c2N)CCC1. The van der Waals surface area contributed by atoms with Gasteiger partial charge in [0.1, 0.15) is 22.8 Å². The maximum absolute atomic E-state index is 12.2. The first-order valence-electron chi connectivity index (χ1n) is 11.0. The zero-order valence-corrected chi connectivity index (χ0v) is 18.9. The summed E-state index contributed by atoms with van der Waals surface area (Å²) in [6, 6.07) is 7.42. The number of carbonyl (C=O) groups excluding carboxylic acids is 2. The molecule has 0 bridgehead atoms. The molecule has 3 rings (SSSR count). The number of benzene rings is 1. The van der Waals surface area contributed by atoms with Gasteiger partial charge in [-0.05, 0) is 76.6 Å². The van der Waals surface area contributed by atoms with Crippen molar-refractivity contribution in [2.75, 3.05) is 18.8 Å². The fourth-order valence-corrected chi connectivity index (χ4v) is 4.06. The molecular formula is C24H31N5O3. The fraction of sp³-hybridized carbons (Fsp3) is 0.458. The summed E-state index contributed by atoms with van der Waals surface area (Å²) in [5.41, 5.74) is 13.5. The zero-order chi connectivity index (χ0) is 23.3. The van der Waals surface area contributed by atoms with Crippen molar-refractivity contribution < 1.29 is 14.3 Å². The Hall–Kier alpha value is -3.47. The van der Waals surface area contributed by atoms with Crippen LogP contribution in [0.15, 0.2) is 24.3 Å². The number of likely N-dealkylation sites (tertiary alicyclic amines) is 1. The van der Waals surface area contributed by atoms with E-state index >= 15 is 0 Å². The highest BCUT2D eigenvalue weighted by Gasteiger charge is 2.26. The van der Waals surface area contributed by atoms with Crippen LogP contribution < -0.4 is 16.2 Å². The van der Waals surface area contributed by atoms with Gasteiger partial charge in [-0.15, -0.1) is 0 Å². The summed E-state index contributed by atoms with van der Waals surface area (Å²) in [6.07, 6.45) is 3.23. The number of primary amides is 1. The first-order chi connectivity index (χ1) is 15.3. The molecule has 0 spiro atoms. The summed E-state index contributed by atoms with van der Waals surface area (Å²) in [5, 5.41) is 4.72. The second-order valence-electron chi connectivity index (χ2n) is 8.21. The lowest BCUT2D eigenvalue weighted by atomic mass is 10.0. The van der Waals surface area contributed by atoms with Gasteiger partial charge >= 0.3 is 0 Å². The largest absolute Gasteiger partial charge is 0.491 e. The molecule has 0 radical (unpaired) electrons. The Morgan fingerprint density at radius 1 is 1.16 bits per heavy atom. The predicted octanol–water partition coefficient (Wildman–Crippen LogP) is 2.99. The summed E-state index contributed by atoms with van der Waals surface area (Å²) in [7, 11) is 0. The Morgan fingerprint density at radius 3 is 2.31 bits per heavy atom. The van der Waals surface area contributed by atoms with Crippen molar-refractivity contribution in [1.29, 1.82) is 0 Å². The molecular weight excluding hydrogens is 406 g/mol. The Kier molecular flexibility index (Phi) is 7.41.